The Morgan fingerprint density at radius 2 is 1.58 bits per heavy atom. The first-order valence-corrected chi connectivity index (χ1v) is 12.3. The van der Waals surface area contributed by atoms with Gasteiger partial charge in [0.05, 0.1) is 6.10 Å². The maximum absolute atomic E-state index is 14.9. The van der Waals surface area contributed by atoms with Crippen molar-refractivity contribution in [1.82, 2.24) is 0 Å². The fourth-order valence-corrected chi connectivity index (χ4v) is 4.66. The Labute approximate surface area is 210 Å². The summed E-state index contributed by atoms with van der Waals surface area (Å²) in [5.41, 5.74) is 2.07. The van der Waals surface area contributed by atoms with Crippen LogP contribution in [-0.2, 0) is 11.3 Å². The first-order valence-electron chi connectivity index (χ1n) is 12.3. The van der Waals surface area contributed by atoms with Crippen molar-refractivity contribution in [3.63, 3.8) is 0 Å². The number of rotatable bonds is 10. The molecular weight excluding hydrogens is 465 g/mol. The molecule has 3 aromatic carbocycles. The van der Waals surface area contributed by atoms with E-state index in [1.54, 1.807) is 54.6 Å². The van der Waals surface area contributed by atoms with Crippen LogP contribution in [-0.4, -0.2) is 19.3 Å². The molecule has 0 aromatic heterocycles. The van der Waals surface area contributed by atoms with Crippen molar-refractivity contribution in [3.8, 4) is 22.6 Å². The largest absolute Gasteiger partial charge is 0.489 e. The van der Waals surface area contributed by atoms with Gasteiger partial charge < -0.3 is 14.2 Å². The fourth-order valence-electron chi connectivity index (χ4n) is 4.66. The summed E-state index contributed by atoms with van der Waals surface area (Å²) in [5, 5.41) is 0. The summed E-state index contributed by atoms with van der Waals surface area (Å²) in [4.78, 5) is 0. The molecular formula is C30H31F3O3. The van der Waals surface area contributed by atoms with Gasteiger partial charge in [0, 0.05) is 12.2 Å². The minimum absolute atomic E-state index is 0.00571. The summed E-state index contributed by atoms with van der Waals surface area (Å²) in [6, 6.07) is 15.0. The Balaban J connectivity index is 1.37. The zero-order chi connectivity index (χ0) is 25.5. The van der Waals surface area contributed by atoms with E-state index in [-0.39, 0.29) is 36.5 Å². The molecule has 0 N–H and O–H groups in total. The quantitative estimate of drug-likeness (QED) is 0.266. The van der Waals surface area contributed by atoms with Crippen LogP contribution < -0.4 is 9.47 Å². The summed E-state index contributed by atoms with van der Waals surface area (Å²) < 4.78 is 60.6. The lowest BCUT2D eigenvalue weighted by Gasteiger charge is -2.29. The molecule has 0 radical (unpaired) electrons. The molecule has 1 saturated carbocycles. The minimum atomic E-state index is -0.856. The zero-order valence-electron chi connectivity index (χ0n) is 20.4. The highest BCUT2D eigenvalue weighted by molar-refractivity contribution is 5.65. The first-order chi connectivity index (χ1) is 17.5. The molecule has 6 heteroatoms. The standard InChI is InChI=1S/C30H31F3O3/c1-3-17-35-28-16-10-22(18-27(28)31)20-5-11-25(12-6-20)36-19-23-9-15-26(30(33)29(23)32)21-7-13-24(14-8-21)34-4-2/h3,5-6,9-12,15-16,18,21,24H,1,4,7-8,13-14,17,19H2,2H3. The summed E-state index contributed by atoms with van der Waals surface area (Å²) in [6.45, 7) is 6.33. The van der Waals surface area contributed by atoms with Gasteiger partial charge in [0.1, 0.15) is 19.0 Å². The highest BCUT2D eigenvalue weighted by atomic mass is 19.2. The molecule has 36 heavy (non-hydrogen) atoms. The van der Waals surface area contributed by atoms with Crippen molar-refractivity contribution in [1.29, 1.82) is 0 Å². The van der Waals surface area contributed by atoms with Crippen LogP contribution in [0.5, 0.6) is 11.5 Å². The second kappa shape index (κ2) is 12.1. The zero-order valence-corrected chi connectivity index (χ0v) is 20.4. The van der Waals surface area contributed by atoms with E-state index in [4.69, 9.17) is 14.2 Å². The Bertz CT molecular complexity index is 1170. The third-order valence-corrected chi connectivity index (χ3v) is 6.58. The second-order valence-electron chi connectivity index (χ2n) is 8.93. The van der Waals surface area contributed by atoms with Gasteiger partial charge in [-0.15, -0.1) is 0 Å². The molecule has 190 valence electrons. The predicted octanol–water partition coefficient (Wildman–Crippen LogP) is 7.98. The van der Waals surface area contributed by atoms with Crippen LogP contribution in [0.2, 0.25) is 0 Å². The van der Waals surface area contributed by atoms with Crippen molar-refractivity contribution in [2.24, 2.45) is 0 Å². The highest BCUT2D eigenvalue weighted by Crippen LogP contribution is 2.36. The molecule has 1 fully saturated rings. The lowest BCUT2D eigenvalue weighted by molar-refractivity contribution is 0.0325. The molecule has 0 unspecified atom stereocenters. The van der Waals surface area contributed by atoms with Crippen LogP contribution in [0.15, 0.2) is 67.3 Å². The molecule has 0 amide bonds. The van der Waals surface area contributed by atoms with Crippen molar-refractivity contribution in [2.45, 2.75) is 51.2 Å². The van der Waals surface area contributed by atoms with Crippen molar-refractivity contribution in [3.05, 3.63) is 95.8 Å². The Kier molecular flexibility index (Phi) is 8.70. The van der Waals surface area contributed by atoms with E-state index in [0.717, 1.165) is 31.2 Å². The molecule has 4 rings (SSSR count). The van der Waals surface area contributed by atoms with Crippen molar-refractivity contribution in [2.75, 3.05) is 13.2 Å². The van der Waals surface area contributed by atoms with E-state index < -0.39 is 17.5 Å². The monoisotopic (exact) mass is 496 g/mol. The van der Waals surface area contributed by atoms with E-state index in [9.17, 15) is 13.2 Å². The molecule has 0 saturated heterocycles. The predicted molar refractivity (Wildman–Crippen MR) is 135 cm³/mol. The van der Waals surface area contributed by atoms with Crippen LogP contribution >= 0.6 is 0 Å². The van der Waals surface area contributed by atoms with Crippen LogP contribution in [0.4, 0.5) is 13.2 Å². The SMILES string of the molecule is C=CCOc1ccc(-c2ccc(OCc3ccc(C4CCC(OCC)CC4)c(F)c3F)cc2)cc1F. The van der Waals surface area contributed by atoms with E-state index in [1.165, 1.54) is 6.07 Å². The van der Waals surface area contributed by atoms with Gasteiger partial charge in [-0.2, -0.15) is 0 Å². The highest BCUT2D eigenvalue weighted by Gasteiger charge is 2.26. The van der Waals surface area contributed by atoms with Gasteiger partial charge in [-0.3, -0.25) is 0 Å². The van der Waals surface area contributed by atoms with Crippen LogP contribution in [0.1, 0.15) is 49.7 Å². The molecule has 0 spiro atoms. The second-order valence-corrected chi connectivity index (χ2v) is 8.93. The van der Waals surface area contributed by atoms with Crippen LogP contribution in [0.3, 0.4) is 0 Å². The fraction of sp³-hybridized carbons (Fsp3) is 0.333. The van der Waals surface area contributed by atoms with Crippen molar-refractivity contribution >= 4 is 0 Å². The van der Waals surface area contributed by atoms with E-state index in [0.29, 0.717) is 23.5 Å². The Morgan fingerprint density at radius 1 is 0.861 bits per heavy atom. The lowest BCUT2D eigenvalue weighted by atomic mass is 9.82. The number of hydrogen-bond donors (Lipinski definition) is 0. The third-order valence-electron chi connectivity index (χ3n) is 6.58. The number of ether oxygens (including phenoxy) is 3. The van der Waals surface area contributed by atoms with Crippen molar-refractivity contribution < 1.29 is 27.4 Å². The molecule has 3 nitrogen and oxygen atoms in total. The maximum Gasteiger partial charge on any atom is 0.165 e. The summed E-state index contributed by atoms with van der Waals surface area (Å²) in [6.07, 6.45) is 5.07. The topological polar surface area (TPSA) is 27.7 Å². The number of halogens is 3. The number of hydrogen-bond acceptors (Lipinski definition) is 3. The van der Waals surface area contributed by atoms with E-state index in [2.05, 4.69) is 6.58 Å². The average Bonchev–Trinajstić information content (AvgIpc) is 2.90. The van der Waals surface area contributed by atoms with Crippen LogP contribution in [0, 0.1) is 17.5 Å². The minimum Gasteiger partial charge on any atom is -0.489 e. The van der Waals surface area contributed by atoms with Gasteiger partial charge in [0.2, 0.25) is 0 Å². The first kappa shape index (κ1) is 25.8. The number of benzene rings is 3. The molecule has 1 aliphatic rings. The van der Waals surface area contributed by atoms with E-state index >= 15 is 0 Å². The summed E-state index contributed by atoms with van der Waals surface area (Å²) in [5.74, 6) is -1.43. The van der Waals surface area contributed by atoms with Gasteiger partial charge in [-0.25, -0.2) is 13.2 Å². The Morgan fingerprint density at radius 3 is 2.25 bits per heavy atom. The van der Waals surface area contributed by atoms with E-state index in [1.807, 2.05) is 6.92 Å². The van der Waals surface area contributed by atoms with Gasteiger partial charge in [0.25, 0.3) is 0 Å². The van der Waals surface area contributed by atoms with Gasteiger partial charge in [-0.05, 0) is 79.5 Å². The molecule has 0 atom stereocenters. The molecule has 1 aliphatic carbocycles. The van der Waals surface area contributed by atoms with Crippen LogP contribution in [0.25, 0.3) is 11.1 Å². The molecule has 0 heterocycles. The molecule has 0 bridgehead atoms. The average molecular weight is 497 g/mol. The Hall–Kier alpha value is -3.25. The lowest BCUT2D eigenvalue weighted by Crippen LogP contribution is -2.21. The smallest absolute Gasteiger partial charge is 0.165 e. The van der Waals surface area contributed by atoms with Gasteiger partial charge in [-0.1, -0.05) is 43.0 Å². The third kappa shape index (κ3) is 6.11. The normalized spacial score (nSPS) is 17.6. The maximum atomic E-state index is 14.9. The summed E-state index contributed by atoms with van der Waals surface area (Å²) in [7, 11) is 0. The summed E-state index contributed by atoms with van der Waals surface area (Å²) >= 11 is 0. The molecule has 3 aromatic rings. The molecule has 0 aliphatic heterocycles. The van der Waals surface area contributed by atoms with Gasteiger partial charge >= 0.3 is 0 Å². The van der Waals surface area contributed by atoms with Gasteiger partial charge in [0.15, 0.2) is 23.2 Å².